The van der Waals surface area contributed by atoms with Crippen molar-refractivity contribution in [3.63, 3.8) is 0 Å². The van der Waals surface area contributed by atoms with Crippen molar-refractivity contribution >= 4 is 11.5 Å². The van der Waals surface area contributed by atoms with E-state index in [2.05, 4.69) is 42.6 Å². The molecule has 1 N–H and O–H groups in total. The third kappa shape index (κ3) is 5.16. The Morgan fingerprint density at radius 3 is 2.68 bits per heavy atom. The summed E-state index contributed by atoms with van der Waals surface area (Å²) in [6.45, 7) is 9.62. The van der Waals surface area contributed by atoms with Gasteiger partial charge in [0.25, 0.3) is 0 Å². The monoisotopic (exact) mass is 285 g/mol. The SMILES string of the molecule is CCCNC(CCC(C)(C)OC)c1snnc1CC. The number of rotatable bonds is 9. The van der Waals surface area contributed by atoms with E-state index >= 15 is 0 Å². The maximum Gasteiger partial charge on any atom is 0.0800 e. The highest BCUT2D eigenvalue weighted by Gasteiger charge is 2.23. The Bertz CT molecular complexity index is 365. The molecule has 0 bridgehead atoms. The second kappa shape index (κ2) is 7.92. The molecule has 1 unspecified atom stereocenters. The van der Waals surface area contributed by atoms with Gasteiger partial charge in [-0.2, -0.15) is 0 Å². The van der Waals surface area contributed by atoms with E-state index in [9.17, 15) is 0 Å². The van der Waals surface area contributed by atoms with Crippen LogP contribution in [0.3, 0.4) is 0 Å². The molecule has 1 heterocycles. The fraction of sp³-hybridized carbons (Fsp3) is 0.857. The van der Waals surface area contributed by atoms with Gasteiger partial charge in [0.05, 0.1) is 16.2 Å². The van der Waals surface area contributed by atoms with Crippen LogP contribution in [0.5, 0.6) is 0 Å². The topological polar surface area (TPSA) is 47.0 Å². The summed E-state index contributed by atoms with van der Waals surface area (Å²) in [5.41, 5.74) is 1.06. The van der Waals surface area contributed by atoms with Gasteiger partial charge in [0.15, 0.2) is 0 Å². The zero-order valence-electron chi connectivity index (χ0n) is 12.8. The third-order valence-electron chi connectivity index (χ3n) is 3.46. The smallest absolute Gasteiger partial charge is 0.0800 e. The number of ether oxygens (including phenoxy) is 1. The van der Waals surface area contributed by atoms with Gasteiger partial charge in [0.1, 0.15) is 0 Å². The van der Waals surface area contributed by atoms with Crippen LogP contribution < -0.4 is 5.32 Å². The molecule has 0 amide bonds. The molecule has 5 heteroatoms. The van der Waals surface area contributed by atoms with E-state index in [0.29, 0.717) is 6.04 Å². The van der Waals surface area contributed by atoms with Crippen LogP contribution in [0, 0.1) is 0 Å². The van der Waals surface area contributed by atoms with Crippen LogP contribution in [0.4, 0.5) is 0 Å². The van der Waals surface area contributed by atoms with Crippen LogP contribution >= 0.6 is 11.5 Å². The first-order valence-electron chi connectivity index (χ1n) is 7.13. The summed E-state index contributed by atoms with van der Waals surface area (Å²) in [4.78, 5) is 1.29. The number of aromatic nitrogens is 2. The van der Waals surface area contributed by atoms with Gasteiger partial charge in [0, 0.05) is 13.2 Å². The molecule has 4 nitrogen and oxygen atoms in total. The first-order valence-corrected chi connectivity index (χ1v) is 7.91. The molecule has 0 saturated carbocycles. The van der Waals surface area contributed by atoms with Gasteiger partial charge in [-0.3, -0.25) is 0 Å². The van der Waals surface area contributed by atoms with Crippen molar-refractivity contribution in [1.29, 1.82) is 0 Å². The van der Waals surface area contributed by atoms with Crippen molar-refractivity contribution in [3.8, 4) is 0 Å². The average Bonchev–Trinajstić information content (AvgIpc) is 2.87. The number of methoxy groups -OCH3 is 1. The van der Waals surface area contributed by atoms with E-state index < -0.39 is 0 Å². The molecule has 19 heavy (non-hydrogen) atoms. The van der Waals surface area contributed by atoms with E-state index in [4.69, 9.17) is 4.74 Å². The Morgan fingerprint density at radius 1 is 1.37 bits per heavy atom. The lowest BCUT2D eigenvalue weighted by Crippen LogP contribution is -2.28. The van der Waals surface area contributed by atoms with E-state index in [-0.39, 0.29) is 5.60 Å². The molecule has 0 saturated heterocycles. The molecule has 1 aromatic rings. The lowest BCUT2D eigenvalue weighted by atomic mass is 9.97. The Kier molecular flexibility index (Phi) is 6.89. The van der Waals surface area contributed by atoms with Crippen molar-refractivity contribution in [2.24, 2.45) is 0 Å². The number of hydrogen-bond acceptors (Lipinski definition) is 5. The van der Waals surface area contributed by atoms with Crippen LogP contribution in [-0.2, 0) is 11.2 Å². The molecule has 1 atom stereocenters. The van der Waals surface area contributed by atoms with Gasteiger partial charge in [-0.15, -0.1) is 5.10 Å². The van der Waals surface area contributed by atoms with Crippen LogP contribution in [-0.4, -0.2) is 28.8 Å². The van der Waals surface area contributed by atoms with Gasteiger partial charge < -0.3 is 10.1 Å². The quantitative estimate of drug-likeness (QED) is 0.756. The molecule has 0 aromatic carbocycles. The predicted molar refractivity (Wildman–Crippen MR) is 80.6 cm³/mol. The van der Waals surface area contributed by atoms with Crippen molar-refractivity contribution in [2.75, 3.05) is 13.7 Å². The van der Waals surface area contributed by atoms with E-state index in [1.807, 2.05) is 0 Å². The Labute approximate surface area is 121 Å². The largest absolute Gasteiger partial charge is 0.379 e. The maximum atomic E-state index is 5.51. The van der Waals surface area contributed by atoms with Crippen molar-refractivity contribution in [3.05, 3.63) is 10.6 Å². The summed E-state index contributed by atoms with van der Waals surface area (Å²) in [7, 11) is 1.78. The highest BCUT2D eigenvalue weighted by atomic mass is 32.1. The van der Waals surface area contributed by atoms with Crippen LogP contribution in [0.25, 0.3) is 0 Å². The Balaban J connectivity index is 2.72. The molecule has 0 aliphatic rings. The van der Waals surface area contributed by atoms with Crippen LogP contribution in [0.15, 0.2) is 0 Å². The molecule has 0 aliphatic heterocycles. The number of nitrogens with zero attached hydrogens (tertiary/aromatic N) is 2. The Hall–Kier alpha value is -0.520. The third-order valence-corrected chi connectivity index (χ3v) is 4.35. The highest BCUT2D eigenvalue weighted by Crippen LogP contribution is 2.28. The molecule has 0 aliphatic carbocycles. The van der Waals surface area contributed by atoms with Gasteiger partial charge >= 0.3 is 0 Å². The van der Waals surface area contributed by atoms with Gasteiger partial charge in [-0.25, -0.2) is 0 Å². The summed E-state index contributed by atoms with van der Waals surface area (Å²) in [6, 6.07) is 0.351. The molecule has 110 valence electrons. The fourth-order valence-electron chi connectivity index (χ4n) is 1.96. The Morgan fingerprint density at radius 2 is 2.11 bits per heavy atom. The standard InChI is InChI=1S/C14H27N3OS/c1-6-10-15-12(8-9-14(3,4)18-5)13-11(7-2)16-17-19-13/h12,15H,6-10H2,1-5H3. The molecular weight excluding hydrogens is 258 g/mol. The number of aryl methyl sites for hydroxylation is 1. The van der Waals surface area contributed by atoms with E-state index in [0.717, 1.165) is 37.9 Å². The summed E-state index contributed by atoms with van der Waals surface area (Å²) < 4.78 is 9.62. The van der Waals surface area contributed by atoms with Gasteiger partial charge in [0.2, 0.25) is 0 Å². The fourth-order valence-corrected chi connectivity index (χ4v) is 2.81. The zero-order chi connectivity index (χ0) is 14.3. The van der Waals surface area contributed by atoms with Gasteiger partial charge in [-0.1, -0.05) is 18.3 Å². The lowest BCUT2D eigenvalue weighted by molar-refractivity contribution is 0.0117. The average molecular weight is 285 g/mol. The number of hydrogen-bond donors (Lipinski definition) is 1. The summed E-state index contributed by atoms with van der Waals surface area (Å²) >= 11 is 1.53. The van der Waals surface area contributed by atoms with Crippen molar-refractivity contribution in [2.45, 2.75) is 65.0 Å². The highest BCUT2D eigenvalue weighted by molar-refractivity contribution is 7.05. The molecule has 1 aromatic heterocycles. The second-order valence-electron chi connectivity index (χ2n) is 5.45. The predicted octanol–water partition coefficient (Wildman–Crippen LogP) is 3.35. The van der Waals surface area contributed by atoms with E-state index in [1.54, 1.807) is 7.11 Å². The molecular formula is C14H27N3OS. The zero-order valence-corrected chi connectivity index (χ0v) is 13.6. The molecule has 0 fully saturated rings. The van der Waals surface area contributed by atoms with Gasteiger partial charge in [-0.05, 0) is 57.6 Å². The minimum absolute atomic E-state index is 0.0728. The minimum Gasteiger partial charge on any atom is -0.379 e. The van der Waals surface area contributed by atoms with E-state index in [1.165, 1.54) is 16.4 Å². The molecule has 0 radical (unpaired) electrons. The summed E-state index contributed by atoms with van der Waals surface area (Å²) in [5.74, 6) is 0. The normalized spacial score (nSPS) is 13.7. The summed E-state index contributed by atoms with van der Waals surface area (Å²) in [6.07, 6.45) is 4.16. The maximum absolute atomic E-state index is 5.51. The van der Waals surface area contributed by atoms with Crippen LogP contribution in [0.1, 0.15) is 63.6 Å². The first kappa shape index (κ1) is 16.5. The minimum atomic E-state index is -0.0728. The van der Waals surface area contributed by atoms with Crippen molar-refractivity contribution in [1.82, 2.24) is 14.9 Å². The summed E-state index contributed by atoms with van der Waals surface area (Å²) in [5, 5.41) is 7.84. The molecule has 1 rings (SSSR count). The van der Waals surface area contributed by atoms with Crippen molar-refractivity contribution < 1.29 is 4.74 Å². The molecule has 0 spiro atoms. The second-order valence-corrected chi connectivity index (χ2v) is 6.23. The lowest BCUT2D eigenvalue weighted by Gasteiger charge is -2.26. The van der Waals surface area contributed by atoms with Crippen LogP contribution in [0.2, 0.25) is 0 Å². The first-order chi connectivity index (χ1) is 9.04. The number of nitrogens with one attached hydrogen (secondary N) is 1.